The van der Waals surface area contributed by atoms with Gasteiger partial charge in [-0.2, -0.15) is 0 Å². The van der Waals surface area contributed by atoms with Crippen LogP contribution in [0.2, 0.25) is 0 Å². The summed E-state index contributed by atoms with van der Waals surface area (Å²) in [5.41, 5.74) is 9.44. The number of benzene rings is 2. The van der Waals surface area contributed by atoms with Crippen LogP contribution < -0.4 is 10.5 Å². The zero-order chi connectivity index (χ0) is 22.3. The Bertz CT molecular complexity index is 1280. The monoisotopic (exact) mass is 430 g/mol. The predicted molar refractivity (Wildman–Crippen MR) is 121 cm³/mol. The average molecular weight is 430 g/mol. The number of para-hydroxylation sites is 1. The summed E-state index contributed by atoms with van der Waals surface area (Å²) in [6.07, 6.45) is 2.31. The fourth-order valence-corrected chi connectivity index (χ4v) is 3.42. The molecule has 0 radical (unpaired) electrons. The number of carbonyl (C=O) groups is 1. The first-order valence-corrected chi connectivity index (χ1v) is 10.0. The van der Waals surface area contributed by atoms with Crippen LogP contribution in [0.15, 0.2) is 83.4 Å². The predicted octanol–water partition coefficient (Wildman–Crippen LogP) is 3.79. The van der Waals surface area contributed by atoms with Crippen molar-refractivity contribution in [3.05, 3.63) is 84.6 Å². The molecule has 5 aromatic rings. The Morgan fingerprint density at radius 3 is 2.59 bits per heavy atom. The molecule has 0 aliphatic carbocycles. The Hall–Kier alpha value is -4.17. The highest BCUT2D eigenvalue weighted by Crippen LogP contribution is 2.28. The molecule has 3 N–H and O–H groups in total. The number of hydrogen-bond acceptors (Lipinski definition) is 6. The summed E-state index contributed by atoms with van der Waals surface area (Å²) in [5, 5.41) is 12.6. The second-order valence-corrected chi connectivity index (χ2v) is 7.00. The third kappa shape index (κ3) is 4.60. The van der Waals surface area contributed by atoms with E-state index in [0.29, 0.717) is 18.2 Å². The lowest BCUT2D eigenvalue weighted by atomic mass is 10.1. The molecule has 5 rings (SSSR count). The lowest BCUT2D eigenvalue weighted by Crippen LogP contribution is -2.29. The van der Waals surface area contributed by atoms with E-state index in [1.807, 2.05) is 60.7 Å². The number of aromatic nitrogens is 3. The van der Waals surface area contributed by atoms with Crippen molar-refractivity contribution in [2.45, 2.75) is 12.5 Å². The van der Waals surface area contributed by atoms with Gasteiger partial charge in [0, 0.05) is 24.4 Å². The molecule has 32 heavy (non-hydrogen) atoms. The number of furan rings is 1. The van der Waals surface area contributed by atoms with Crippen LogP contribution in [-0.4, -0.2) is 38.8 Å². The zero-order valence-electron chi connectivity index (χ0n) is 17.2. The Morgan fingerprint density at radius 2 is 1.84 bits per heavy atom. The van der Waals surface area contributed by atoms with Crippen LogP contribution in [0.3, 0.4) is 0 Å². The van der Waals surface area contributed by atoms with Crippen molar-refractivity contribution in [3.8, 4) is 17.3 Å². The van der Waals surface area contributed by atoms with Gasteiger partial charge in [-0.05, 0) is 23.8 Å². The summed E-state index contributed by atoms with van der Waals surface area (Å²) in [4.78, 5) is 12.8. The third-order valence-corrected chi connectivity index (χ3v) is 4.87. The number of nitrogens with two attached hydrogens (primary N) is 1. The van der Waals surface area contributed by atoms with Gasteiger partial charge in [0.05, 0.1) is 6.20 Å². The molecule has 0 saturated carbocycles. The van der Waals surface area contributed by atoms with Gasteiger partial charge in [0.15, 0.2) is 11.4 Å². The Kier molecular flexibility index (Phi) is 6.43. The molecule has 8 nitrogen and oxygen atoms in total. The summed E-state index contributed by atoms with van der Waals surface area (Å²) in [6, 6.07) is 23.7. The Morgan fingerprint density at radius 1 is 1.09 bits per heavy atom. The van der Waals surface area contributed by atoms with E-state index in [2.05, 4.69) is 22.2 Å². The first-order valence-electron chi connectivity index (χ1n) is 10.0. The van der Waals surface area contributed by atoms with Crippen LogP contribution >= 0.6 is 0 Å². The number of carboxylic acid groups (broad SMARTS) is 1. The maximum Gasteiger partial charge on any atom is 0.290 e. The van der Waals surface area contributed by atoms with E-state index in [-0.39, 0.29) is 12.6 Å². The lowest BCUT2D eigenvalue weighted by molar-refractivity contribution is -0.122. The molecule has 0 fully saturated rings. The Labute approximate surface area is 183 Å². The van der Waals surface area contributed by atoms with Crippen molar-refractivity contribution in [1.29, 1.82) is 0 Å². The molecule has 0 spiro atoms. The van der Waals surface area contributed by atoms with Crippen LogP contribution in [0.5, 0.6) is 5.88 Å². The fourth-order valence-electron chi connectivity index (χ4n) is 3.42. The van der Waals surface area contributed by atoms with Crippen molar-refractivity contribution < 1.29 is 19.1 Å². The zero-order valence-corrected chi connectivity index (χ0v) is 17.2. The summed E-state index contributed by atoms with van der Waals surface area (Å²) in [6.45, 7) is 0.148. The maximum atomic E-state index is 8.36. The van der Waals surface area contributed by atoms with E-state index in [0.717, 1.165) is 28.7 Å². The van der Waals surface area contributed by atoms with Crippen LogP contribution in [0.1, 0.15) is 5.56 Å². The minimum atomic E-state index is -0.250. The van der Waals surface area contributed by atoms with E-state index in [4.69, 9.17) is 24.8 Å². The first kappa shape index (κ1) is 21.1. The van der Waals surface area contributed by atoms with E-state index < -0.39 is 0 Å². The number of ether oxygens (including phenoxy) is 1. The fraction of sp³-hybridized carbons (Fsp3) is 0.125. The van der Waals surface area contributed by atoms with E-state index >= 15 is 0 Å². The molecule has 3 aromatic heterocycles. The van der Waals surface area contributed by atoms with Gasteiger partial charge in [-0.25, -0.2) is 9.50 Å². The van der Waals surface area contributed by atoms with Gasteiger partial charge >= 0.3 is 0 Å². The van der Waals surface area contributed by atoms with Gasteiger partial charge in [0.25, 0.3) is 6.47 Å². The summed E-state index contributed by atoms with van der Waals surface area (Å²) in [7, 11) is 0. The molecule has 3 heterocycles. The lowest BCUT2D eigenvalue weighted by Gasteiger charge is -2.16. The SMILES string of the molecule is NCC(Cc1ccccc1)Oc1ccc2ncc(-c3cc4ccccc4o3)n2n1.O=CO. The number of imidazole rings is 1. The van der Waals surface area contributed by atoms with E-state index in [1.165, 1.54) is 5.56 Å². The van der Waals surface area contributed by atoms with Gasteiger partial charge in [0.2, 0.25) is 5.88 Å². The van der Waals surface area contributed by atoms with Crippen molar-refractivity contribution in [3.63, 3.8) is 0 Å². The van der Waals surface area contributed by atoms with Crippen LogP contribution in [0.25, 0.3) is 28.1 Å². The molecule has 0 aliphatic heterocycles. The largest absolute Gasteiger partial charge is 0.483 e. The van der Waals surface area contributed by atoms with E-state index in [9.17, 15) is 0 Å². The smallest absolute Gasteiger partial charge is 0.290 e. The summed E-state index contributed by atoms with van der Waals surface area (Å²) >= 11 is 0. The van der Waals surface area contributed by atoms with Gasteiger partial charge in [-0.15, -0.1) is 5.10 Å². The number of rotatable bonds is 6. The number of hydrogen-bond donors (Lipinski definition) is 2. The van der Waals surface area contributed by atoms with Crippen molar-refractivity contribution in [1.82, 2.24) is 14.6 Å². The van der Waals surface area contributed by atoms with Crippen LogP contribution in [-0.2, 0) is 11.2 Å². The third-order valence-electron chi connectivity index (χ3n) is 4.87. The minimum absolute atomic E-state index is 0.166. The number of nitrogens with zero attached hydrogens (tertiary/aromatic N) is 3. The van der Waals surface area contributed by atoms with E-state index in [1.54, 1.807) is 10.7 Å². The van der Waals surface area contributed by atoms with Crippen molar-refractivity contribution >= 4 is 23.1 Å². The highest BCUT2D eigenvalue weighted by atomic mass is 16.5. The molecule has 0 amide bonds. The second kappa shape index (κ2) is 9.76. The van der Waals surface area contributed by atoms with Gasteiger partial charge in [0.1, 0.15) is 17.4 Å². The normalized spacial score (nSPS) is 11.7. The summed E-state index contributed by atoms with van der Waals surface area (Å²) < 4.78 is 13.8. The molecule has 1 unspecified atom stereocenters. The van der Waals surface area contributed by atoms with Gasteiger partial charge in [-0.1, -0.05) is 48.5 Å². The average Bonchev–Trinajstić information content (AvgIpc) is 3.43. The topological polar surface area (TPSA) is 116 Å². The standard InChI is InChI=1S/C23H20N4O2.CH2O2/c24-14-18(12-16-6-2-1-3-7-16)28-23-11-10-22-25-15-19(27(22)26-23)21-13-17-8-4-5-9-20(17)29-21;2-1-3/h1-11,13,15,18H,12,14,24H2;1H,(H,2,3). The molecule has 1 atom stereocenters. The quantitative estimate of drug-likeness (QED) is 0.394. The van der Waals surface area contributed by atoms with Crippen molar-refractivity contribution in [2.75, 3.05) is 6.54 Å². The number of fused-ring (bicyclic) bond motifs is 2. The second-order valence-electron chi connectivity index (χ2n) is 7.00. The molecular weight excluding hydrogens is 408 g/mol. The van der Waals surface area contributed by atoms with Gasteiger partial charge in [-0.3, -0.25) is 4.79 Å². The molecule has 2 aromatic carbocycles. The first-order chi connectivity index (χ1) is 15.7. The summed E-state index contributed by atoms with van der Waals surface area (Å²) in [5.74, 6) is 1.21. The highest BCUT2D eigenvalue weighted by Gasteiger charge is 2.15. The maximum absolute atomic E-state index is 8.36. The molecule has 162 valence electrons. The Balaban J connectivity index is 0.000000775. The van der Waals surface area contributed by atoms with Crippen LogP contribution in [0, 0.1) is 0 Å². The van der Waals surface area contributed by atoms with Crippen molar-refractivity contribution in [2.24, 2.45) is 5.73 Å². The molecular formula is C24H22N4O4. The minimum Gasteiger partial charge on any atom is -0.483 e. The molecule has 8 heteroatoms. The molecule has 0 aliphatic rings. The molecule has 0 saturated heterocycles. The van der Waals surface area contributed by atoms with Crippen LogP contribution in [0.4, 0.5) is 0 Å². The highest BCUT2D eigenvalue weighted by molar-refractivity contribution is 5.82. The molecule has 0 bridgehead atoms. The van der Waals surface area contributed by atoms with Gasteiger partial charge < -0.3 is 20.0 Å².